The van der Waals surface area contributed by atoms with Crippen molar-refractivity contribution in [1.29, 1.82) is 5.26 Å². The standard InChI is InChI=1S/C36H35F4N7O3/c1-5-46-33-29(31(43-47(33)26-12-7-6-8-13-26)34(49)45(4)27(21-41)18-19-44(2)3)28(22-14-16-25(37)17-15-22)30(35(46)50)42-32(48)23-10-9-11-24(20-23)36(38,39)40/h6-17,20,27-28,30H,5,18-19H2,1-4H3,(H,42,48)/t27-,28-,30-/m0/s1. The number of anilines is 1. The number of fused-ring (bicyclic) bond motifs is 1. The van der Waals surface area contributed by atoms with Crippen LogP contribution in [0, 0.1) is 17.1 Å². The number of alkyl halides is 3. The van der Waals surface area contributed by atoms with Crippen LogP contribution in [0.15, 0.2) is 78.9 Å². The van der Waals surface area contributed by atoms with Gasteiger partial charge in [0, 0.05) is 37.2 Å². The second kappa shape index (κ2) is 14.5. The van der Waals surface area contributed by atoms with Crippen molar-refractivity contribution in [2.75, 3.05) is 39.1 Å². The van der Waals surface area contributed by atoms with Gasteiger partial charge in [-0.15, -0.1) is 0 Å². The molecule has 0 saturated carbocycles. The SMILES string of the molecule is CCN1C(=O)[C@@H](NC(=O)c2cccc(C(F)(F)F)c2)[C@@H](c2ccc(F)cc2)c2c(C(=O)N(C)[C@H](C#N)CCN(C)C)nn(-c3ccccc3)c21. The highest BCUT2D eigenvalue weighted by Crippen LogP contribution is 2.44. The van der Waals surface area contributed by atoms with Gasteiger partial charge in [-0.05, 0) is 75.5 Å². The molecule has 0 aliphatic carbocycles. The number of nitriles is 1. The smallest absolute Gasteiger partial charge is 0.339 e. The van der Waals surface area contributed by atoms with Gasteiger partial charge in [-0.1, -0.05) is 36.4 Å². The van der Waals surface area contributed by atoms with Crippen molar-refractivity contribution in [1.82, 2.24) is 24.9 Å². The van der Waals surface area contributed by atoms with Crippen LogP contribution >= 0.6 is 0 Å². The van der Waals surface area contributed by atoms with E-state index in [4.69, 9.17) is 5.10 Å². The van der Waals surface area contributed by atoms with E-state index in [0.717, 1.165) is 12.1 Å². The molecule has 0 saturated heterocycles. The Labute approximate surface area is 286 Å². The zero-order valence-electron chi connectivity index (χ0n) is 27.8. The molecule has 3 aromatic carbocycles. The van der Waals surface area contributed by atoms with Crippen LogP contribution in [0.2, 0.25) is 0 Å². The number of para-hydroxylation sites is 1. The highest BCUT2D eigenvalue weighted by Gasteiger charge is 2.48. The molecule has 5 rings (SSSR count). The number of benzene rings is 3. The molecule has 0 radical (unpaired) electrons. The molecule has 1 aliphatic heterocycles. The molecule has 4 aromatic rings. The Hall–Kier alpha value is -5.55. The van der Waals surface area contributed by atoms with Gasteiger partial charge in [0.1, 0.15) is 23.7 Å². The highest BCUT2D eigenvalue weighted by molar-refractivity contribution is 6.07. The quantitative estimate of drug-likeness (QED) is 0.228. The first-order chi connectivity index (χ1) is 23.8. The van der Waals surface area contributed by atoms with Gasteiger partial charge in [-0.3, -0.25) is 19.3 Å². The number of likely N-dealkylation sites (N-methyl/N-ethyl adjacent to an activating group) is 1. The lowest BCUT2D eigenvalue weighted by molar-refractivity contribution is -0.137. The number of carbonyl (C=O) groups is 3. The van der Waals surface area contributed by atoms with Crippen molar-refractivity contribution >= 4 is 23.5 Å². The maximum atomic E-state index is 14.4. The molecule has 0 spiro atoms. The molecule has 50 heavy (non-hydrogen) atoms. The van der Waals surface area contributed by atoms with Crippen LogP contribution in [0.1, 0.15) is 56.8 Å². The number of nitrogens with zero attached hydrogens (tertiary/aromatic N) is 6. The number of hydrogen-bond acceptors (Lipinski definition) is 6. The lowest BCUT2D eigenvalue weighted by Gasteiger charge is -2.38. The van der Waals surface area contributed by atoms with E-state index >= 15 is 0 Å². The lowest BCUT2D eigenvalue weighted by atomic mass is 9.80. The predicted octanol–water partition coefficient (Wildman–Crippen LogP) is 5.24. The number of halogens is 4. The maximum absolute atomic E-state index is 14.4. The lowest BCUT2D eigenvalue weighted by Crippen LogP contribution is -2.55. The van der Waals surface area contributed by atoms with E-state index in [9.17, 15) is 37.2 Å². The van der Waals surface area contributed by atoms with Crippen molar-refractivity contribution in [2.24, 2.45) is 0 Å². The predicted molar refractivity (Wildman–Crippen MR) is 177 cm³/mol. The van der Waals surface area contributed by atoms with E-state index in [1.165, 1.54) is 51.9 Å². The fraction of sp³-hybridized carbons (Fsp3) is 0.306. The zero-order chi connectivity index (χ0) is 36.3. The summed E-state index contributed by atoms with van der Waals surface area (Å²) in [4.78, 5) is 47.0. The van der Waals surface area contributed by atoms with Crippen molar-refractivity contribution in [3.8, 4) is 11.8 Å². The van der Waals surface area contributed by atoms with E-state index in [1.807, 2.05) is 19.0 Å². The Morgan fingerprint density at radius 1 is 1.02 bits per heavy atom. The monoisotopic (exact) mass is 689 g/mol. The topological polar surface area (TPSA) is 115 Å². The summed E-state index contributed by atoms with van der Waals surface area (Å²) in [7, 11) is 5.16. The van der Waals surface area contributed by atoms with Gasteiger partial charge in [0.25, 0.3) is 17.7 Å². The highest BCUT2D eigenvalue weighted by atomic mass is 19.4. The van der Waals surface area contributed by atoms with E-state index < -0.39 is 53.3 Å². The van der Waals surface area contributed by atoms with Crippen LogP contribution in [-0.4, -0.2) is 83.6 Å². The summed E-state index contributed by atoms with van der Waals surface area (Å²) in [6.45, 7) is 2.25. The Morgan fingerprint density at radius 2 is 1.70 bits per heavy atom. The third kappa shape index (κ3) is 7.09. The average Bonchev–Trinajstić information content (AvgIpc) is 3.48. The van der Waals surface area contributed by atoms with Gasteiger partial charge in [0.2, 0.25) is 0 Å². The summed E-state index contributed by atoms with van der Waals surface area (Å²) in [6.07, 6.45) is -4.40. The fourth-order valence-electron chi connectivity index (χ4n) is 6.03. The summed E-state index contributed by atoms with van der Waals surface area (Å²) in [6, 6.07) is 17.6. The summed E-state index contributed by atoms with van der Waals surface area (Å²) in [5.74, 6) is -3.73. The molecule has 0 unspecified atom stereocenters. The molecule has 10 nitrogen and oxygen atoms in total. The molecule has 1 aromatic heterocycles. The van der Waals surface area contributed by atoms with Gasteiger partial charge in [-0.25, -0.2) is 9.07 Å². The van der Waals surface area contributed by atoms with Crippen molar-refractivity contribution in [3.63, 3.8) is 0 Å². The van der Waals surface area contributed by atoms with Crippen LogP contribution in [0.4, 0.5) is 23.4 Å². The number of nitrogens with one attached hydrogen (secondary N) is 1. The molecule has 0 fully saturated rings. The van der Waals surface area contributed by atoms with Gasteiger partial charge >= 0.3 is 6.18 Å². The van der Waals surface area contributed by atoms with E-state index in [0.29, 0.717) is 30.3 Å². The fourth-order valence-corrected chi connectivity index (χ4v) is 6.03. The molecule has 1 N–H and O–H groups in total. The molecular weight excluding hydrogens is 654 g/mol. The third-order valence-electron chi connectivity index (χ3n) is 8.60. The summed E-state index contributed by atoms with van der Waals surface area (Å²) in [5, 5.41) is 17.4. The molecule has 2 heterocycles. The molecule has 1 aliphatic rings. The van der Waals surface area contributed by atoms with Crippen molar-refractivity contribution in [3.05, 3.63) is 113 Å². The van der Waals surface area contributed by atoms with E-state index in [1.54, 1.807) is 37.3 Å². The summed E-state index contributed by atoms with van der Waals surface area (Å²) >= 11 is 0. The zero-order valence-corrected chi connectivity index (χ0v) is 27.8. The van der Waals surface area contributed by atoms with Crippen molar-refractivity contribution in [2.45, 2.75) is 37.5 Å². The average molecular weight is 690 g/mol. The van der Waals surface area contributed by atoms with Crippen LogP contribution in [0.25, 0.3) is 5.69 Å². The van der Waals surface area contributed by atoms with Gasteiger partial charge in [0.05, 0.1) is 17.3 Å². The Kier molecular flexibility index (Phi) is 10.4. The van der Waals surface area contributed by atoms with E-state index in [2.05, 4.69) is 11.4 Å². The molecular formula is C36H35F4N7O3. The van der Waals surface area contributed by atoms with Crippen LogP contribution < -0.4 is 10.2 Å². The van der Waals surface area contributed by atoms with Gasteiger partial charge in [0.15, 0.2) is 5.69 Å². The molecule has 260 valence electrons. The summed E-state index contributed by atoms with van der Waals surface area (Å²) in [5.41, 5.74) is -0.445. The van der Waals surface area contributed by atoms with Crippen molar-refractivity contribution < 1.29 is 31.9 Å². The van der Waals surface area contributed by atoms with Crippen LogP contribution in [0.5, 0.6) is 0 Å². The van der Waals surface area contributed by atoms with Crippen LogP contribution in [0.3, 0.4) is 0 Å². The molecule has 3 amide bonds. The Morgan fingerprint density at radius 3 is 2.30 bits per heavy atom. The minimum atomic E-state index is -4.72. The first-order valence-corrected chi connectivity index (χ1v) is 15.8. The minimum absolute atomic E-state index is 0.0591. The third-order valence-corrected chi connectivity index (χ3v) is 8.60. The second-order valence-electron chi connectivity index (χ2n) is 12.1. The molecule has 14 heteroatoms. The number of aromatic nitrogens is 2. The molecule has 3 atom stereocenters. The number of amides is 3. The first kappa shape index (κ1) is 35.7. The number of hydrogen-bond donors (Lipinski definition) is 1. The van der Waals surface area contributed by atoms with Gasteiger partial charge in [-0.2, -0.15) is 23.5 Å². The normalized spacial score (nSPS) is 16.5. The largest absolute Gasteiger partial charge is 0.416 e. The Balaban J connectivity index is 1.73. The minimum Gasteiger partial charge on any atom is -0.339 e. The number of carbonyl (C=O) groups excluding carboxylic acids is 3. The van der Waals surface area contributed by atoms with Crippen LogP contribution in [-0.2, 0) is 11.0 Å². The van der Waals surface area contributed by atoms with E-state index in [-0.39, 0.29) is 29.2 Å². The Bertz CT molecular complexity index is 1920. The maximum Gasteiger partial charge on any atom is 0.416 e. The molecule has 0 bridgehead atoms. The second-order valence-corrected chi connectivity index (χ2v) is 12.1. The number of rotatable bonds is 10. The summed E-state index contributed by atoms with van der Waals surface area (Å²) < 4.78 is 56.3. The first-order valence-electron chi connectivity index (χ1n) is 15.8. The van der Waals surface area contributed by atoms with Gasteiger partial charge < -0.3 is 15.1 Å².